The van der Waals surface area contributed by atoms with Crippen molar-refractivity contribution in [3.63, 3.8) is 0 Å². The largest absolute Gasteiger partial charge is 0.454 e. The highest BCUT2D eigenvalue weighted by molar-refractivity contribution is 5.80. The van der Waals surface area contributed by atoms with Gasteiger partial charge in [0, 0.05) is 38.8 Å². The van der Waals surface area contributed by atoms with Gasteiger partial charge in [-0.1, -0.05) is 6.07 Å². The molecular weight excluding hydrogens is 378 g/mol. The van der Waals surface area contributed by atoms with Gasteiger partial charge < -0.3 is 25.0 Å². The van der Waals surface area contributed by atoms with E-state index in [1.807, 2.05) is 23.1 Å². The van der Waals surface area contributed by atoms with E-state index in [0.29, 0.717) is 31.3 Å². The van der Waals surface area contributed by atoms with Gasteiger partial charge in [0.05, 0.1) is 5.69 Å². The Kier molecular flexibility index (Phi) is 5.69. The molecule has 0 amide bonds. The predicted molar refractivity (Wildman–Crippen MR) is 108 cm³/mol. The van der Waals surface area contributed by atoms with E-state index in [1.54, 1.807) is 7.05 Å². The van der Waals surface area contributed by atoms with Crippen molar-refractivity contribution in [3.8, 4) is 11.5 Å². The fourth-order valence-corrected chi connectivity index (χ4v) is 3.64. The van der Waals surface area contributed by atoms with Crippen LogP contribution in [0.3, 0.4) is 0 Å². The minimum Gasteiger partial charge on any atom is -0.454 e. The van der Waals surface area contributed by atoms with Crippen LogP contribution in [0.4, 0.5) is 14.5 Å². The van der Waals surface area contributed by atoms with Gasteiger partial charge in [-0.05, 0) is 42.7 Å². The molecule has 1 atom stereocenters. The third kappa shape index (κ3) is 4.52. The molecule has 1 saturated heterocycles. The summed E-state index contributed by atoms with van der Waals surface area (Å²) in [7, 11) is 1.72. The van der Waals surface area contributed by atoms with Crippen LogP contribution in [-0.2, 0) is 6.42 Å². The van der Waals surface area contributed by atoms with E-state index in [-0.39, 0.29) is 12.8 Å². The summed E-state index contributed by atoms with van der Waals surface area (Å²) in [6.45, 7) is 2.32. The monoisotopic (exact) mass is 402 g/mol. The average molecular weight is 402 g/mol. The molecule has 29 heavy (non-hydrogen) atoms. The number of rotatable bonds is 5. The molecule has 0 bridgehead atoms. The Bertz CT molecular complexity index is 906. The zero-order valence-corrected chi connectivity index (χ0v) is 16.3. The maximum Gasteiger partial charge on any atom is 0.231 e. The molecule has 0 aliphatic carbocycles. The van der Waals surface area contributed by atoms with E-state index in [2.05, 4.69) is 15.6 Å². The van der Waals surface area contributed by atoms with Gasteiger partial charge in [-0.15, -0.1) is 0 Å². The van der Waals surface area contributed by atoms with Gasteiger partial charge in [0.25, 0.3) is 0 Å². The highest BCUT2D eigenvalue weighted by Gasteiger charge is 2.25. The number of aliphatic imine (C=N–C) groups is 1. The molecular formula is C21H24F2N4O2. The Balaban J connectivity index is 1.26. The lowest BCUT2D eigenvalue weighted by Gasteiger charge is -2.21. The first kappa shape index (κ1) is 19.3. The molecule has 2 aliphatic heterocycles. The first-order chi connectivity index (χ1) is 14.1. The van der Waals surface area contributed by atoms with Crippen molar-refractivity contribution < 1.29 is 18.3 Å². The summed E-state index contributed by atoms with van der Waals surface area (Å²) in [6.07, 6.45) is 1.66. The summed E-state index contributed by atoms with van der Waals surface area (Å²) in [4.78, 5) is 6.20. The van der Waals surface area contributed by atoms with E-state index in [9.17, 15) is 8.78 Å². The molecule has 2 aliphatic rings. The first-order valence-corrected chi connectivity index (χ1v) is 9.68. The molecule has 0 aromatic heterocycles. The van der Waals surface area contributed by atoms with Gasteiger partial charge >= 0.3 is 0 Å². The second kappa shape index (κ2) is 8.55. The normalized spacial score (nSPS) is 18.2. The van der Waals surface area contributed by atoms with Crippen LogP contribution in [0.15, 0.2) is 41.4 Å². The standard InChI is InChI=1S/C21H24F2N4O2/c1-24-21(25-8-6-14-2-5-19-20(10-14)29-13-28-19)26-16-7-9-27(12-16)18-4-3-15(22)11-17(18)23/h2-5,10-11,16H,6-9,12-13H2,1H3,(H2,24,25,26). The highest BCUT2D eigenvalue weighted by atomic mass is 19.1. The van der Waals surface area contributed by atoms with Gasteiger partial charge in [0.2, 0.25) is 6.79 Å². The van der Waals surface area contributed by atoms with Crippen molar-refractivity contribution in [2.24, 2.45) is 4.99 Å². The number of nitrogens with one attached hydrogen (secondary N) is 2. The zero-order chi connectivity index (χ0) is 20.2. The molecule has 2 N–H and O–H groups in total. The summed E-state index contributed by atoms with van der Waals surface area (Å²) in [6, 6.07) is 9.78. The molecule has 0 saturated carbocycles. The van der Waals surface area contributed by atoms with Gasteiger partial charge in [0.1, 0.15) is 11.6 Å². The maximum absolute atomic E-state index is 14.0. The van der Waals surface area contributed by atoms with Crippen LogP contribution in [0.2, 0.25) is 0 Å². The van der Waals surface area contributed by atoms with Crippen molar-refractivity contribution in [3.05, 3.63) is 53.6 Å². The minimum absolute atomic E-state index is 0.135. The van der Waals surface area contributed by atoms with Crippen molar-refractivity contribution in [1.29, 1.82) is 0 Å². The molecule has 8 heteroatoms. The fourth-order valence-electron chi connectivity index (χ4n) is 3.64. The summed E-state index contributed by atoms with van der Waals surface area (Å²) < 4.78 is 37.9. The zero-order valence-electron chi connectivity index (χ0n) is 16.3. The van der Waals surface area contributed by atoms with E-state index in [0.717, 1.165) is 36.0 Å². The van der Waals surface area contributed by atoms with Crippen LogP contribution in [0, 0.1) is 11.6 Å². The Morgan fingerprint density at radius 1 is 1.17 bits per heavy atom. The lowest BCUT2D eigenvalue weighted by atomic mass is 10.1. The van der Waals surface area contributed by atoms with Crippen LogP contribution in [0.1, 0.15) is 12.0 Å². The van der Waals surface area contributed by atoms with Crippen LogP contribution < -0.4 is 25.0 Å². The number of halogens is 2. The summed E-state index contributed by atoms with van der Waals surface area (Å²) >= 11 is 0. The number of benzene rings is 2. The van der Waals surface area contributed by atoms with Crippen LogP contribution in [0.25, 0.3) is 0 Å². The molecule has 1 fully saturated rings. The van der Waals surface area contributed by atoms with Crippen LogP contribution >= 0.6 is 0 Å². The molecule has 154 valence electrons. The molecule has 0 spiro atoms. The minimum atomic E-state index is -0.563. The van der Waals surface area contributed by atoms with E-state index < -0.39 is 11.6 Å². The third-order valence-corrected chi connectivity index (χ3v) is 5.15. The number of anilines is 1. The van der Waals surface area contributed by atoms with Gasteiger partial charge in [-0.25, -0.2) is 8.78 Å². The van der Waals surface area contributed by atoms with Gasteiger partial charge in [0.15, 0.2) is 17.5 Å². The lowest BCUT2D eigenvalue weighted by molar-refractivity contribution is 0.174. The SMILES string of the molecule is CN=C(NCCc1ccc2c(c1)OCO2)NC1CCN(c2ccc(F)cc2F)C1. The third-order valence-electron chi connectivity index (χ3n) is 5.15. The summed E-state index contributed by atoms with van der Waals surface area (Å²) in [5.41, 5.74) is 1.58. The van der Waals surface area contributed by atoms with Crippen molar-refractivity contribution in [2.45, 2.75) is 18.9 Å². The Morgan fingerprint density at radius 2 is 2.03 bits per heavy atom. The lowest BCUT2D eigenvalue weighted by Crippen LogP contribution is -2.45. The van der Waals surface area contributed by atoms with Gasteiger partial charge in [-0.3, -0.25) is 4.99 Å². The van der Waals surface area contributed by atoms with E-state index >= 15 is 0 Å². The first-order valence-electron chi connectivity index (χ1n) is 9.68. The van der Waals surface area contributed by atoms with E-state index in [4.69, 9.17) is 9.47 Å². The molecule has 6 nitrogen and oxygen atoms in total. The topological polar surface area (TPSA) is 58.1 Å². The number of fused-ring (bicyclic) bond motifs is 1. The smallest absolute Gasteiger partial charge is 0.231 e. The summed E-state index contributed by atoms with van der Waals surface area (Å²) in [5.74, 6) is 1.17. The van der Waals surface area contributed by atoms with Gasteiger partial charge in [-0.2, -0.15) is 0 Å². The Labute approximate surface area is 168 Å². The maximum atomic E-state index is 14.0. The molecule has 2 aromatic carbocycles. The Hall–Kier alpha value is -3.03. The van der Waals surface area contributed by atoms with Crippen molar-refractivity contribution >= 4 is 11.6 Å². The molecule has 0 radical (unpaired) electrons. The summed E-state index contributed by atoms with van der Waals surface area (Å²) in [5, 5.41) is 6.69. The Morgan fingerprint density at radius 3 is 2.86 bits per heavy atom. The van der Waals surface area contributed by atoms with Crippen LogP contribution in [0.5, 0.6) is 11.5 Å². The number of nitrogens with zero attached hydrogens (tertiary/aromatic N) is 2. The quantitative estimate of drug-likeness (QED) is 0.595. The number of guanidine groups is 1. The molecule has 2 heterocycles. The number of hydrogen-bond donors (Lipinski definition) is 2. The van der Waals surface area contributed by atoms with Crippen LogP contribution in [-0.4, -0.2) is 45.5 Å². The number of ether oxygens (including phenoxy) is 2. The van der Waals surface area contributed by atoms with Crippen molar-refractivity contribution in [1.82, 2.24) is 10.6 Å². The fraction of sp³-hybridized carbons (Fsp3) is 0.381. The molecule has 1 unspecified atom stereocenters. The second-order valence-electron chi connectivity index (χ2n) is 7.11. The molecule has 4 rings (SSSR count). The highest BCUT2D eigenvalue weighted by Crippen LogP contribution is 2.32. The second-order valence-corrected chi connectivity index (χ2v) is 7.11. The number of hydrogen-bond acceptors (Lipinski definition) is 4. The predicted octanol–water partition coefficient (Wildman–Crippen LogP) is 2.68. The average Bonchev–Trinajstić information content (AvgIpc) is 3.36. The van der Waals surface area contributed by atoms with E-state index in [1.165, 1.54) is 12.1 Å². The molecule has 2 aromatic rings. The van der Waals surface area contributed by atoms with Crippen molar-refractivity contribution in [2.75, 3.05) is 38.4 Å².